The average Bonchev–Trinajstić information content (AvgIpc) is 1.54. The van der Waals surface area contributed by atoms with E-state index in [-0.39, 0.29) is 0 Å². The van der Waals surface area contributed by atoms with Crippen LogP contribution in [-0.4, -0.2) is 38.2 Å². The van der Waals surface area contributed by atoms with Gasteiger partial charge in [-0.3, -0.25) is 0 Å². The van der Waals surface area contributed by atoms with Gasteiger partial charge in [-0.1, -0.05) is 255 Å². The maximum atomic E-state index is 6.78. The predicted octanol–water partition coefficient (Wildman–Crippen LogP) is 29.4. The largest absolute Gasteiger partial charge is 0.455 e. The molecule has 0 atom stereocenters. The van der Waals surface area contributed by atoms with Gasteiger partial charge in [0.2, 0.25) is 0 Å². The maximum absolute atomic E-state index is 6.78. The van der Waals surface area contributed by atoms with Crippen molar-refractivity contribution in [1.29, 1.82) is 0 Å². The van der Waals surface area contributed by atoms with E-state index in [2.05, 4.69) is 382 Å². The van der Waals surface area contributed by atoms with Gasteiger partial charge in [-0.15, -0.1) is 0 Å². The van der Waals surface area contributed by atoms with Gasteiger partial charge in [0.15, 0.2) is 11.6 Å². The van der Waals surface area contributed by atoms with Crippen LogP contribution >= 0.6 is 0 Å². The summed E-state index contributed by atoms with van der Waals surface area (Å²) in [4.78, 5) is 20.5. The second kappa shape index (κ2) is 27.5. The molecule has 0 unspecified atom stereocenters. The van der Waals surface area contributed by atoms with E-state index in [1.54, 1.807) is 0 Å². The molecule has 568 valence electrons. The minimum absolute atomic E-state index is 0.693. The van der Waals surface area contributed by atoms with Crippen molar-refractivity contribution in [2.75, 3.05) is 0 Å². The van der Waals surface area contributed by atoms with Gasteiger partial charge in [0.25, 0.3) is 0 Å². The van der Waals surface area contributed by atoms with Crippen LogP contribution in [0.4, 0.5) is 0 Å². The number of fused-ring (bicyclic) bond motifs is 24. The average molecular weight is 1560 g/mol. The highest BCUT2D eigenvalue weighted by atomic mass is 16.3. The first-order chi connectivity index (χ1) is 60.5. The number of hydrogen-bond donors (Lipinski definition) is 0. The van der Waals surface area contributed by atoms with E-state index >= 15 is 0 Å². The molecule has 0 saturated carbocycles. The van der Waals surface area contributed by atoms with Crippen LogP contribution in [0.3, 0.4) is 0 Å². The van der Waals surface area contributed by atoms with E-state index in [1.807, 2.05) is 48.5 Å². The lowest BCUT2D eigenvalue weighted by molar-refractivity contribution is 0.672. The molecule has 10 nitrogen and oxygen atoms in total. The zero-order chi connectivity index (χ0) is 80.0. The van der Waals surface area contributed by atoms with Gasteiger partial charge in [0.05, 0.1) is 77.3 Å². The van der Waals surface area contributed by atoms with Crippen molar-refractivity contribution in [1.82, 2.24) is 38.2 Å². The van der Waals surface area contributed by atoms with Crippen LogP contribution in [0, 0.1) is 0 Å². The van der Waals surface area contributed by atoms with E-state index in [9.17, 15) is 0 Å². The molecule has 0 radical (unpaired) electrons. The molecule has 122 heavy (non-hydrogen) atoms. The van der Waals surface area contributed by atoms with Crippen molar-refractivity contribution in [3.63, 3.8) is 0 Å². The molecule has 18 aromatic carbocycles. The minimum Gasteiger partial charge on any atom is -0.455 e. The van der Waals surface area contributed by atoms with Gasteiger partial charge in [-0.2, -0.15) is 0 Å². The first-order valence-electron chi connectivity index (χ1n) is 41.3. The van der Waals surface area contributed by atoms with Crippen LogP contribution in [0.2, 0.25) is 0 Å². The Morgan fingerprint density at radius 2 is 0.508 bits per heavy atom. The molecule has 8 aromatic heterocycles. The Hall–Kier alpha value is -16.6. The second-order valence-corrected chi connectivity index (χ2v) is 31.4. The molecule has 0 N–H and O–H groups in total. The fourth-order valence-corrected chi connectivity index (χ4v) is 19.2. The molecule has 0 amide bonds. The highest BCUT2D eigenvalue weighted by Crippen LogP contribution is 2.49. The summed E-state index contributed by atoms with van der Waals surface area (Å²) in [5.74, 6) is 1.39. The van der Waals surface area contributed by atoms with Crippen LogP contribution in [0.5, 0.6) is 0 Å². The molecule has 0 bridgehead atoms. The molecule has 8 heterocycles. The molecule has 10 heteroatoms. The van der Waals surface area contributed by atoms with Crippen molar-refractivity contribution < 1.29 is 8.83 Å². The van der Waals surface area contributed by atoms with Crippen molar-refractivity contribution in [2.45, 2.75) is 0 Å². The summed E-state index contributed by atoms with van der Waals surface area (Å²) in [6, 6.07) is 146. The summed E-state index contributed by atoms with van der Waals surface area (Å²) in [5, 5.41) is 15.8. The fourth-order valence-electron chi connectivity index (χ4n) is 19.2. The van der Waals surface area contributed by atoms with Crippen molar-refractivity contribution >= 4 is 153 Å². The van der Waals surface area contributed by atoms with Gasteiger partial charge < -0.3 is 27.1 Å². The van der Waals surface area contributed by atoms with Crippen molar-refractivity contribution in [2.24, 2.45) is 0 Å². The van der Waals surface area contributed by atoms with E-state index in [0.717, 1.165) is 188 Å². The van der Waals surface area contributed by atoms with Gasteiger partial charge in [0.1, 0.15) is 22.3 Å². The van der Waals surface area contributed by atoms with Crippen molar-refractivity contribution in [3.8, 4) is 90.3 Å². The first kappa shape index (κ1) is 68.6. The Balaban J connectivity index is 0.000000134. The highest BCUT2D eigenvalue weighted by Gasteiger charge is 2.28. The Kier molecular flexibility index (Phi) is 15.5. The summed E-state index contributed by atoms with van der Waals surface area (Å²) >= 11 is 0. The smallest absolute Gasteiger partial charge is 0.160 e. The lowest BCUT2D eigenvalue weighted by Crippen LogP contribution is -1.97. The van der Waals surface area contributed by atoms with Crippen LogP contribution in [0.15, 0.2) is 421 Å². The van der Waals surface area contributed by atoms with E-state index < -0.39 is 0 Å². The molecular weight excluding hydrogens is 1490 g/mol. The summed E-state index contributed by atoms with van der Waals surface area (Å²) in [7, 11) is 0. The minimum atomic E-state index is 0.693. The van der Waals surface area contributed by atoms with Gasteiger partial charge in [-0.05, 0) is 180 Å². The normalized spacial score (nSPS) is 11.9. The number of rotatable bonds is 10. The van der Waals surface area contributed by atoms with E-state index in [4.69, 9.17) is 28.8 Å². The lowest BCUT2D eigenvalue weighted by atomic mass is 10.0. The first-order valence-corrected chi connectivity index (χ1v) is 41.3. The standard InChI is InChI=1S/2C56H34N4O/c1-3-14-35(15-4-1)38-18-13-19-40(34-38)59-47-24-11-8-22-44(47)51-48(59)33-31-45-52-49(32-30-42-41-20-9-12-25-50(41)61-55(42)52)60(54(45)51)39-28-26-37(27-29-39)56-57-46-23-10-7-21-43(46)53(58-56)36-16-5-2-6-17-36;1-3-14-35(15-4-1)38-18-13-19-40(34-38)60-49-32-30-42-41-20-9-12-25-50(41)61-55(42)52(49)45-31-33-48-51(54(45)60)44-22-8-11-24-47(44)59(48)39-28-26-37(27-29-39)56-57-46-23-10-7-21-43(46)53(58-56)36-16-5-2-6-17-36/h2*1-34H. The molecule has 0 aliphatic rings. The van der Waals surface area contributed by atoms with Gasteiger partial charge in [0, 0.05) is 110 Å². The Bertz CT molecular complexity index is 8740. The maximum Gasteiger partial charge on any atom is 0.160 e. The van der Waals surface area contributed by atoms with E-state index in [0.29, 0.717) is 11.6 Å². The predicted molar refractivity (Wildman–Crippen MR) is 504 cm³/mol. The van der Waals surface area contributed by atoms with Gasteiger partial charge in [-0.25, -0.2) is 19.9 Å². The fraction of sp³-hybridized carbons (Fsp3) is 0. The second-order valence-electron chi connectivity index (χ2n) is 31.4. The molecule has 26 aromatic rings. The SMILES string of the molecule is c1ccc(-c2cccc(-n3c4ccc5c6ccccc6oc5c4c4ccc5c(c6ccccc6n5-c5ccc(-c6nc(-c7ccccc7)c7ccccc7n6)cc5)c43)c2)cc1.c1ccc(-c2cccc(-n3c4ccccc4c4c3ccc3c5c6oc7ccccc7c6ccc5n(-c5ccc(-c6nc(-c7ccccc7)c7ccccc7n6)cc5)c34)c2)cc1. The Morgan fingerprint density at radius 3 is 0.951 bits per heavy atom. The molecule has 0 fully saturated rings. The molecule has 0 aliphatic carbocycles. The van der Waals surface area contributed by atoms with Crippen LogP contribution < -0.4 is 0 Å². The van der Waals surface area contributed by atoms with Crippen molar-refractivity contribution in [3.05, 3.63) is 413 Å². The zero-order valence-electron chi connectivity index (χ0n) is 65.7. The lowest BCUT2D eigenvalue weighted by Gasteiger charge is -2.12. The number of para-hydroxylation sites is 6. The third-order valence-corrected chi connectivity index (χ3v) is 24.6. The third-order valence-electron chi connectivity index (χ3n) is 24.6. The number of nitrogens with zero attached hydrogens (tertiary/aromatic N) is 8. The number of furan rings is 2. The van der Waals surface area contributed by atoms with E-state index in [1.165, 1.54) is 43.8 Å². The summed E-state index contributed by atoms with van der Waals surface area (Å²) in [6.07, 6.45) is 0. The number of hydrogen-bond acceptors (Lipinski definition) is 6. The molecule has 0 spiro atoms. The summed E-state index contributed by atoms with van der Waals surface area (Å²) < 4.78 is 23.2. The zero-order valence-corrected chi connectivity index (χ0v) is 65.7. The Morgan fingerprint density at radius 1 is 0.180 bits per heavy atom. The molecule has 0 saturated heterocycles. The van der Waals surface area contributed by atoms with Crippen LogP contribution in [-0.2, 0) is 0 Å². The third kappa shape index (κ3) is 10.8. The monoisotopic (exact) mass is 1560 g/mol. The highest BCUT2D eigenvalue weighted by molar-refractivity contribution is 6.33. The molecule has 26 rings (SSSR count). The quantitative estimate of drug-likeness (QED) is 0.135. The number of aromatic nitrogens is 8. The topological polar surface area (TPSA) is 97.6 Å². The molecular formula is C112H68N8O2. The molecule has 0 aliphatic heterocycles. The Labute approximate surface area is 698 Å². The van der Waals surface area contributed by atoms with Crippen LogP contribution in [0.25, 0.3) is 243 Å². The van der Waals surface area contributed by atoms with Crippen LogP contribution in [0.1, 0.15) is 0 Å². The number of benzene rings is 18. The summed E-state index contributed by atoms with van der Waals surface area (Å²) in [6.45, 7) is 0. The van der Waals surface area contributed by atoms with Gasteiger partial charge >= 0.3 is 0 Å². The summed E-state index contributed by atoms with van der Waals surface area (Å²) in [5.41, 5.74) is 29.4.